The van der Waals surface area contributed by atoms with Gasteiger partial charge in [0.1, 0.15) is 20.2 Å². The standard InChI is InChI=1S/C69H45N3O6.C39H3N3O3.C10H12O2/c1-8-12-13-14-15-16-17-18-19-20-21-22-23-24-25-26-27-28-29-30-31-32-33-34-35-36-37-38-39-40-41-42-43-53-69(70-57-76-63-50-47-60(44-9-2)54-66(63)73-5,71-58-77-64-51-48-61(45-10-3)55-67(64)74-6)72-59-78-65-52-49-62(46-11-4)56-68(65)75-7;1-2-3-4-5-6-7-8-9-10-11-12-13-14-15-16-17-18-19-20-21-22-23-24-25-26-27-28-29-30-31-32-33-34-35-39(40-36-43,41-37-44)42-38-45;1-3-4-8-5-6-9(11)10(7-8)12-2/h9-11,44-52,54-56,70-72H,57-59H2,1-7H3;1H3;3-7,11H,1-2H3. The van der Waals surface area contributed by atoms with Gasteiger partial charge in [-0.1, -0.05) is 84.7 Å². The Kier molecular flexibility index (Phi) is 62.1. The van der Waals surface area contributed by atoms with E-state index >= 15 is 0 Å². The van der Waals surface area contributed by atoms with E-state index in [0.29, 0.717) is 40.2 Å². The second-order valence-electron chi connectivity index (χ2n) is 21.8. The van der Waals surface area contributed by atoms with Gasteiger partial charge < -0.3 is 38.3 Å². The van der Waals surface area contributed by atoms with E-state index in [4.69, 9.17) is 33.2 Å². The highest BCUT2D eigenvalue weighted by molar-refractivity contribution is 5.61. The van der Waals surface area contributed by atoms with Crippen LogP contribution in [0.4, 0.5) is 0 Å². The number of carbonyl (C=O) groups excluding carboxylic acids is 3. The van der Waals surface area contributed by atoms with Crippen LogP contribution in [0.2, 0.25) is 0 Å². The molecule has 0 atom stereocenters. The van der Waals surface area contributed by atoms with Gasteiger partial charge in [-0.25, -0.2) is 30.3 Å². The Balaban J connectivity index is 0.000000902. The molecule has 628 valence electrons. The smallest absolute Gasteiger partial charge is 0.342 e. The third-order valence-electron chi connectivity index (χ3n) is 13.1. The molecule has 0 amide bonds. The van der Waals surface area contributed by atoms with Gasteiger partial charge in [-0.2, -0.15) is 0 Å². The van der Waals surface area contributed by atoms with Crippen LogP contribution >= 0.6 is 0 Å². The molecule has 0 aliphatic rings. The summed E-state index contributed by atoms with van der Waals surface area (Å²) in [7, 11) is 6.26. The molecule has 135 heavy (non-hydrogen) atoms. The quantitative estimate of drug-likeness (QED) is 0.0237. The molecule has 4 aromatic rings. The fraction of sp³-hybridized carbons (Fsp3) is 0.127. The van der Waals surface area contributed by atoms with E-state index in [9.17, 15) is 19.5 Å². The summed E-state index contributed by atoms with van der Waals surface area (Å²) in [6, 6.07) is 22.1. The van der Waals surface area contributed by atoms with Crippen molar-refractivity contribution >= 4 is 42.5 Å². The molecule has 0 saturated heterocycles. The first kappa shape index (κ1) is 108. The minimum absolute atomic E-state index is 0.0749. The third-order valence-corrected chi connectivity index (χ3v) is 13.1. The maximum Gasteiger partial charge on any atom is 0.342 e. The number of methoxy groups -OCH3 is 4. The van der Waals surface area contributed by atoms with Crippen LogP contribution in [0.1, 0.15) is 63.8 Å². The molecule has 0 fully saturated rings. The van der Waals surface area contributed by atoms with Crippen LogP contribution in [-0.2, 0) is 14.4 Å². The second-order valence-corrected chi connectivity index (χ2v) is 21.8. The van der Waals surface area contributed by atoms with Gasteiger partial charge >= 0.3 is 5.79 Å². The number of aromatic hydroxyl groups is 1. The van der Waals surface area contributed by atoms with Crippen LogP contribution in [-0.4, -0.2) is 83.6 Å². The summed E-state index contributed by atoms with van der Waals surface area (Å²) in [5.41, 5.74) is 3.87. The Labute approximate surface area is 791 Å². The Hall–Kier alpha value is -22.7. The molecule has 4 rings (SSSR count). The van der Waals surface area contributed by atoms with Gasteiger partial charge in [0, 0.05) is 189 Å². The summed E-state index contributed by atoms with van der Waals surface area (Å²) in [6.07, 6.45) is 18.8. The van der Waals surface area contributed by atoms with Crippen molar-refractivity contribution in [1.82, 2.24) is 16.0 Å². The minimum Gasteiger partial charge on any atom is -0.504 e. The van der Waals surface area contributed by atoms with Gasteiger partial charge in [-0.3, -0.25) is 0 Å². The number of rotatable bonds is 23. The number of phenols is 1. The van der Waals surface area contributed by atoms with E-state index in [1.165, 1.54) is 7.11 Å². The lowest BCUT2D eigenvalue weighted by atomic mass is 10.2. The van der Waals surface area contributed by atoms with E-state index in [2.05, 4.69) is 434 Å². The van der Waals surface area contributed by atoms with Crippen molar-refractivity contribution in [3.8, 4) is 449 Å². The van der Waals surface area contributed by atoms with Crippen LogP contribution in [0.15, 0.2) is 112 Å². The topological polar surface area (TPSA) is 209 Å². The lowest BCUT2D eigenvalue weighted by molar-refractivity contribution is 0.121. The number of allylic oxidation sites excluding steroid dienone is 4. The highest BCUT2D eigenvalue weighted by atomic mass is 16.5. The van der Waals surface area contributed by atoms with Crippen LogP contribution < -0.4 is 49.1 Å². The van der Waals surface area contributed by atoms with Gasteiger partial charge in [0.05, 0.1) is 28.4 Å². The molecule has 0 aromatic heterocycles. The Bertz CT molecular complexity index is 7700. The number of isocyanates is 3. The molecule has 0 aliphatic heterocycles. The first-order chi connectivity index (χ1) is 66.5. The van der Waals surface area contributed by atoms with Crippen LogP contribution in [0.25, 0.3) is 24.3 Å². The maximum absolute atomic E-state index is 10.4. The summed E-state index contributed by atoms with van der Waals surface area (Å²) >= 11 is 0. The minimum atomic E-state index is -2.33. The number of hydrogen-bond acceptors (Lipinski definition) is 17. The van der Waals surface area contributed by atoms with Gasteiger partial charge in [0.2, 0.25) is 18.2 Å². The Morgan fingerprint density at radius 1 is 0.259 bits per heavy atom. The van der Waals surface area contributed by atoms with Gasteiger partial charge in [-0.15, -0.1) is 15.0 Å². The molecule has 0 heterocycles. The number of ether oxygens (including phenoxy) is 7. The average molecular weight is 1740 g/mol. The molecule has 4 aromatic carbocycles. The third kappa shape index (κ3) is 55.8. The van der Waals surface area contributed by atoms with Crippen LogP contribution in [0, 0.1) is 403 Å². The first-order valence-electron chi connectivity index (χ1n) is 37.7. The lowest BCUT2D eigenvalue weighted by Gasteiger charge is -2.32. The molecular formula is C118H60N6O11. The summed E-state index contributed by atoms with van der Waals surface area (Å²) in [5.74, 6) is 171. The molecule has 0 spiro atoms. The zero-order valence-electron chi connectivity index (χ0n) is 73.5. The van der Waals surface area contributed by atoms with Crippen molar-refractivity contribution < 1.29 is 52.6 Å². The van der Waals surface area contributed by atoms with Crippen molar-refractivity contribution in [2.24, 2.45) is 15.0 Å². The molecule has 4 N–H and O–H groups in total. The van der Waals surface area contributed by atoms with Crippen molar-refractivity contribution in [2.45, 2.75) is 53.1 Å². The molecule has 0 bridgehead atoms. The highest BCUT2D eigenvalue weighted by Gasteiger charge is 2.29. The molecule has 0 saturated carbocycles. The van der Waals surface area contributed by atoms with Crippen molar-refractivity contribution in [3.63, 3.8) is 0 Å². The fourth-order valence-corrected chi connectivity index (χ4v) is 7.87. The molecule has 0 aliphatic carbocycles. The summed E-state index contributed by atoms with van der Waals surface area (Å²) in [6.45, 7) is 10.9. The predicted octanol–water partition coefficient (Wildman–Crippen LogP) is 8.88. The number of phenolic OH excluding ortho intramolecular Hbond substituents is 1. The molecular weight excluding hydrogens is 1680 g/mol. The number of nitrogens with one attached hydrogen (secondary N) is 3. The largest absolute Gasteiger partial charge is 0.504 e. The number of hydrogen-bond donors (Lipinski definition) is 4. The Morgan fingerprint density at radius 3 is 0.637 bits per heavy atom. The zero-order chi connectivity index (χ0) is 97.6. The normalized spacial score (nSPS) is 8.19. The van der Waals surface area contributed by atoms with Crippen molar-refractivity contribution in [2.75, 3.05) is 48.6 Å². The highest BCUT2D eigenvalue weighted by Crippen LogP contribution is 2.32. The van der Waals surface area contributed by atoms with Crippen molar-refractivity contribution in [3.05, 3.63) is 119 Å². The second kappa shape index (κ2) is 77.4. The summed E-state index contributed by atoms with van der Waals surface area (Å²) < 4.78 is 40.4. The average Bonchev–Trinajstić information content (AvgIpc) is 0.846. The molecule has 17 heteroatoms. The van der Waals surface area contributed by atoms with E-state index in [1.54, 1.807) is 47.3 Å². The predicted molar refractivity (Wildman–Crippen MR) is 524 cm³/mol. The van der Waals surface area contributed by atoms with E-state index in [-0.39, 0.29) is 25.9 Å². The molecule has 0 unspecified atom stereocenters. The van der Waals surface area contributed by atoms with Crippen LogP contribution in [0.3, 0.4) is 0 Å². The number of benzene rings is 4. The monoisotopic (exact) mass is 1740 g/mol. The summed E-state index contributed by atoms with van der Waals surface area (Å²) in [4.78, 5) is 40.3. The van der Waals surface area contributed by atoms with E-state index < -0.39 is 11.6 Å². The van der Waals surface area contributed by atoms with Crippen LogP contribution in [0.5, 0.6) is 46.0 Å². The number of nitrogens with zero attached hydrogens (tertiary/aromatic N) is 3. The molecule has 0 radical (unpaired) electrons. The maximum atomic E-state index is 10.4. The number of aliphatic imine (C=N–C) groups is 3. The van der Waals surface area contributed by atoms with Crippen molar-refractivity contribution in [1.29, 1.82) is 0 Å². The first-order valence-corrected chi connectivity index (χ1v) is 37.7. The SMILES string of the molecule is CC#CC#CC#CC#CC#CC#CC#CC#CC#CC#CC#CC#CC#CC#CC#CC#CC#CC(N=C=O)(N=C=O)N=C=O.CC#CC#CC#CC#CC#CC#CC#CC#CC#CC#CC#CC#CC#CC#CC#CC#CC#CC(NCOc1ccc(C=CC)cc1OC)(NCOc1ccc(C=CC)cc1OC)NCOc1ccc(C=CC)cc1OC.CC=Cc1ccc(O)c(OC)c1. The van der Waals surface area contributed by atoms with E-state index in [1.807, 2.05) is 137 Å². The van der Waals surface area contributed by atoms with Gasteiger partial charge in [0.15, 0.2) is 51.8 Å². The lowest BCUT2D eigenvalue weighted by Crippen LogP contribution is -2.67. The van der Waals surface area contributed by atoms with Gasteiger partial charge in [-0.05, 0) is 314 Å². The zero-order valence-corrected chi connectivity index (χ0v) is 73.5. The summed E-state index contributed by atoms with van der Waals surface area (Å²) in [5, 5.41) is 19.2. The van der Waals surface area contributed by atoms with E-state index in [0.717, 1.165) is 40.5 Å². The fourth-order valence-electron chi connectivity index (χ4n) is 7.87. The Morgan fingerprint density at radius 2 is 0.444 bits per heavy atom. The molecule has 17 nitrogen and oxygen atoms in total. The van der Waals surface area contributed by atoms with Gasteiger partial charge in [0.25, 0.3) is 0 Å².